The summed E-state index contributed by atoms with van der Waals surface area (Å²) in [7, 11) is 0. The van der Waals surface area contributed by atoms with E-state index in [1.165, 1.54) is 0 Å². The van der Waals surface area contributed by atoms with Crippen molar-refractivity contribution < 1.29 is 4.79 Å². The Bertz CT molecular complexity index is 837. The molecule has 3 aromatic rings. The van der Waals surface area contributed by atoms with Crippen LogP contribution >= 0.6 is 0 Å². The van der Waals surface area contributed by atoms with E-state index in [1.807, 2.05) is 37.3 Å². The average molecular weight is 281 g/mol. The van der Waals surface area contributed by atoms with Gasteiger partial charge >= 0.3 is 0 Å². The molecule has 0 bridgehead atoms. The topological polar surface area (TPSA) is 99.8 Å². The Balaban J connectivity index is 2.31. The number of rotatable bonds is 3. The molecule has 1 amide bonds. The third-order valence-electron chi connectivity index (χ3n) is 3.33. The molecule has 0 atom stereocenters. The third-order valence-corrected chi connectivity index (χ3v) is 3.33. The van der Waals surface area contributed by atoms with Crippen LogP contribution in [0.3, 0.4) is 0 Å². The summed E-state index contributed by atoms with van der Waals surface area (Å²) in [4.78, 5) is 15.9. The van der Waals surface area contributed by atoms with E-state index >= 15 is 0 Å². The lowest BCUT2D eigenvalue weighted by Gasteiger charge is -2.03. The molecule has 0 saturated carbocycles. The molecule has 6 heteroatoms. The molecule has 4 N–H and O–H groups in total. The van der Waals surface area contributed by atoms with Crippen LogP contribution in [0.5, 0.6) is 0 Å². The highest BCUT2D eigenvalue weighted by molar-refractivity contribution is 6.04. The third kappa shape index (κ3) is 2.25. The fourth-order valence-corrected chi connectivity index (χ4v) is 2.28. The van der Waals surface area contributed by atoms with Crippen molar-refractivity contribution in [3.63, 3.8) is 0 Å². The molecule has 0 aliphatic rings. The Morgan fingerprint density at radius 2 is 2.10 bits per heavy atom. The molecule has 0 unspecified atom stereocenters. The summed E-state index contributed by atoms with van der Waals surface area (Å²) in [6.07, 6.45) is 1.70. The van der Waals surface area contributed by atoms with Crippen molar-refractivity contribution in [3.8, 4) is 5.82 Å². The van der Waals surface area contributed by atoms with Crippen LogP contribution in [0.15, 0.2) is 36.5 Å². The van der Waals surface area contributed by atoms with Crippen molar-refractivity contribution in [1.82, 2.24) is 14.8 Å². The minimum absolute atomic E-state index is 0.226. The van der Waals surface area contributed by atoms with Crippen molar-refractivity contribution in [3.05, 3.63) is 53.3 Å². The normalized spacial score (nSPS) is 11.0. The van der Waals surface area contributed by atoms with Crippen LogP contribution in [0.2, 0.25) is 0 Å². The maximum atomic E-state index is 11.6. The standard InChI is InChI=1S/C15H15N5O/c1-9-4-5-18-13(6-9)20-12-3-2-10(8-16)7-11(12)14(19-20)15(17)21/h2-7H,8,16H2,1H3,(H2,17,21). The van der Waals surface area contributed by atoms with Crippen LogP contribution in [0.1, 0.15) is 21.6 Å². The Morgan fingerprint density at radius 1 is 1.29 bits per heavy atom. The molecule has 2 heterocycles. The van der Waals surface area contributed by atoms with E-state index in [4.69, 9.17) is 11.5 Å². The van der Waals surface area contributed by atoms with Crippen molar-refractivity contribution in [2.75, 3.05) is 0 Å². The summed E-state index contributed by atoms with van der Waals surface area (Å²) in [5.74, 6) is 0.0774. The molecule has 0 spiro atoms. The molecular formula is C15H15N5O. The maximum absolute atomic E-state index is 11.6. The Morgan fingerprint density at radius 3 is 2.76 bits per heavy atom. The van der Waals surface area contributed by atoms with Gasteiger partial charge in [0.2, 0.25) is 0 Å². The first-order chi connectivity index (χ1) is 10.1. The summed E-state index contributed by atoms with van der Waals surface area (Å²) in [6.45, 7) is 2.36. The van der Waals surface area contributed by atoms with Crippen molar-refractivity contribution >= 4 is 16.8 Å². The highest BCUT2D eigenvalue weighted by Gasteiger charge is 2.16. The van der Waals surface area contributed by atoms with Crippen molar-refractivity contribution in [2.45, 2.75) is 13.5 Å². The molecule has 2 aromatic heterocycles. The number of pyridine rings is 1. The lowest BCUT2D eigenvalue weighted by atomic mass is 10.1. The number of amides is 1. The number of carbonyl (C=O) groups is 1. The number of nitrogens with two attached hydrogens (primary N) is 2. The molecule has 0 fully saturated rings. The number of nitrogens with zero attached hydrogens (tertiary/aromatic N) is 3. The second-order valence-electron chi connectivity index (χ2n) is 4.87. The molecule has 21 heavy (non-hydrogen) atoms. The number of carbonyl (C=O) groups excluding carboxylic acids is 1. The van der Waals surface area contributed by atoms with Crippen LogP contribution in [-0.4, -0.2) is 20.7 Å². The highest BCUT2D eigenvalue weighted by Crippen LogP contribution is 2.23. The fourth-order valence-electron chi connectivity index (χ4n) is 2.28. The number of aromatic nitrogens is 3. The molecule has 1 aromatic carbocycles. The summed E-state index contributed by atoms with van der Waals surface area (Å²) in [5.41, 5.74) is 14.1. The van der Waals surface area contributed by atoms with Gasteiger partial charge in [0.25, 0.3) is 5.91 Å². The van der Waals surface area contributed by atoms with Crippen molar-refractivity contribution in [1.29, 1.82) is 0 Å². The quantitative estimate of drug-likeness (QED) is 0.755. The van der Waals surface area contributed by atoms with E-state index in [0.717, 1.165) is 16.6 Å². The number of primary amides is 1. The van der Waals surface area contributed by atoms with Crippen LogP contribution in [0, 0.1) is 6.92 Å². The van der Waals surface area contributed by atoms with Gasteiger partial charge in [-0.25, -0.2) is 9.67 Å². The first-order valence-corrected chi connectivity index (χ1v) is 6.54. The maximum Gasteiger partial charge on any atom is 0.269 e. The van der Waals surface area contributed by atoms with Gasteiger partial charge in [0.05, 0.1) is 5.52 Å². The van der Waals surface area contributed by atoms with Crippen LogP contribution < -0.4 is 11.5 Å². The summed E-state index contributed by atoms with van der Waals surface area (Å²) >= 11 is 0. The van der Waals surface area contributed by atoms with Gasteiger partial charge in [-0.05, 0) is 42.3 Å². The van der Waals surface area contributed by atoms with E-state index in [9.17, 15) is 4.79 Å². The Labute approximate surface area is 121 Å². The smallest absolute Gasteiger partial charge is 0.269 e. The molecular weight excluding hydrogens is 266 g/mol. The molecule has 3 rings (SSSR count). The molecule has 6 nitrogen and oxygen atoms in total. The molecule has 106 valence electrons. The van der Waals surface area contributed by atoms with E-state index in [0.29, 0.717) is 17.7 Å². The van der Waals surface area contributed by atoms with Crippen molar-refractivity contribution in [2.24, 2.45) is 11.5 Å². The first kappa shape index (κ1) is 13.3. The van der Waals surface area contributed by atoms with Crippen LogP contribution in [0.4, 0.5) is 0 Å². The Hall–Kier alpha value is -2.73. The largest absolute Gasteiger partial charge is 0.364 e. The summed E-state index contributed by atoms with van der Waals surface area (Å²) in [6, 6.07) is 9.42. The predicted molar refractivity (Wildman–Crippen MR) is 80.0 cm³/mol. The number of benzene rings is 1. The van der Waals surface area contributed by atoms with Crippen LogP contribution in [-0.2, 0) is 6.54 Å². The highest BCUT2D eigenvalue weighted by atomic mass is 16.1. The molecule has 0 saturated heterocycles. The minimum Gasteiger partial charge on any atom is -0.364 e. The molecule has 0 aliphatic heterocycles. The number of fused-ring (bicyclic) bond motifs is 1. The van der Waals surface area contributed by atoms with E-state index < -0.39 is 5.91 Å². The van der Waals surface area contributed by atoms with E-state index in [-0.39, 0.29) is 5.69 Å². The van der Waals surface area contributed by atoms with Gasteiger partial charge < -0.3 is 11.5 Å². The van der Waals surface area contributed by atoms with Gasteiger partial charge in [0, 0.05) is 18.1 Å². The van der Waals surface area contributed by atoms with Gasteiger partial charge in [-0.15, -0.1) is 0 Å². The van der Waals surface area contributed by atoms with Crippen LogP contribution in [0.25, 0.3) is 16.7 Å². The average Bonchev–Trinajstić information content (AvgIpc) is 2.86. The lowest BCUT2D eigenvalue weighted by molar-refractivity contribution is 0.0996. The van der Waals surface area contributed by atoms with E-state index in [1.54, 1.807) is 10.9 Å². The first-order valence-electron chi connectivity index (χ1n) is 6.54. The SMILES string of the molecule is Cc1ccnc(-n2nc(C(N)=O)c3cc(CN)ccc32)c1. The molecule has 0 radical (unpaired) electrons. The minimum atomic E-state index is -0.569. The number of hydrogen-bond donors (Lipinski definition) is 2. The predicted octanol–water partition coefficient (Wildman–Crippen LogP) is 1.29. The zero-order chi connectivity index (χ0) is 15.0. The van der Waals surface area contributed by atoms with Gasteiger partial charge in [0.1, 0.15) is 0 Å². The monoisotopic (exact) mass is 281 g/mol. The van der Waals surface area contributed by atoms with Gasteiger partial charge in [-0.2, -0.15) is 5.10 Å². The lowest BCUT2D eigenvalue weighted by Crippen LogP contribution is -2.13. The number of hydrogen-bond acceptors (Lipinski definition) is 4. The second kappa shape index (κ2) is 4.99. The fraction of sp³-hybridized carbons (Fsp3) is 0.133. The van der Waals surface area contributed by atoms with E-state index in [2.05, 4.69) is 10.1 Å². The zero-order valence-electron chi connectivity index (χ0n) is 11.6. The second-order valence-corrected chi connectivity index (χ2v) is 4.87. The number of aryl methyl sites for hydroxylation is 1. The summed E-state index contributed by atoms with van der Waals surface area (Å²) < 4.78 is 1.63. The van der Waals surface area contributed by atoms with Gasteiger partial charge in [0.15, 0.2) is 11.5 Å². The zero-order valence-corrected chi connectivity index (χ0v) is 11.6. The molecule has 0 aliphatic carbocycles. The Kier molecular flexibility index (Phi) is 3.15. The van der Waals surface area contributed by atoms with Gasteiger partial charge in [-0.1, -0.05) is 6.07 Å². The van der Waals surface area contributed by atoms with Gasteiger partial charge in [-0.3, -0.25) is 4.79 Å². The summed E-state index contributed by atoms with van der Waals surface area (Å²) in [5, 5.41) is 5.00.